The lowest BCUT2D eigenvalue weighted by Crippen LogP contribution is -2.32. The predicted octanol–water partition coefficient (Wildman–Crippen LogP) is 4.34. The van der Waals surface area contributed by atoms with Gasteiger partial charge in [-0.1, -0.05) is 11.6 Å². The van der Waals surface area contributed by atoms with E-state index < -0.39 is 6.10 Å². The number of hydrogen-bond donors (Lipinski definition) is 1. The zero-order valence-electron chi connectivity index (χ0n) is 11.6. The fraction of sp³-hybridized carbons (Fsp3) is 0.714. The number of rotatable bonds is 2. The highest BCUT2D eigenvalue weighted by Crippen LogP contribution is 2.49. The van der Waals surface area contributed by atoms with E-state index in [9.17, 15) is 5.11 Å². The summed E-state index contributed by atoms with van der Waals surface area (Å²) >= 11 is 7.79. The number of halogens is 1. The van der Waals surface area contributed by atoms with Gasteiger partial charge in [-0.2, -0.15) is 0 Å². The molecular weight excluding hydrogens is 268 g/mol. The summed E-state index contributed by atoms with van der Waals surface area (Å²) in [6, 6.07) is 0. The Kier molecular flexibility index (Phi) is 3.56. The summed E-state index contributed by atoms with van der Waals surface area (Å²) in [5, 5.41) is 13.3. The minimum Gasteiger partial charge on any atom is -0.387 e. The van der Waals surface area contributed by atoms with E-state index >= 15 is 0 Å². The lowest BCUT2D eigenvalue weighted by atomic mass is 9.82. The maximum atomic E-state index is 10.6. The van der Waals surface area contributed by atoms with Gasteiger partial charge in [0.25, 0.3) is 0 Å². The van der Waals surface area contributed by atoms with Gasteiger partial charge in [0.05, 0.1) is 27.2 Å². The van der Waals surface area contributed by atoms with Crippen molar-refractivity contribution in [2.24, 2.45) is 5.92 Å². The van der Waals surface area contributed by atoms with Gasteiger partial charge in [0, 0.05) is 5.92 Å². The van der Waals surface area contributed by atoms with Gasteiger partial charge in [-0.15, -0.1) is 11.3 Å². The van der Waals surface area contributed by atoms with Crippen molar-refractivity contribution in [2.75, 3.05) is 0 Å². The molecule has 2 atom stereocenters. The van der Waals surface area contributed by atoms with Gasteiger partial charge >= 0.3 is 0 Å². The van der Waals surface area contributed by atoms with Gasteiger partial charge in [-0.3, -0.25) is 0 Å². The van der Waals surface area contributed by atoms with E-state index in [4.69, 9.17) is 16.3 Å². The lowest BCUT2D eigenvalue weighted by molar-refractivity contribution is -0.0876. The fourth-order valence-electron chi connectivity index (χ4n) is 2.93. The van der Waals surface area contributed by atoms with Crippen LogP contribution in [0, 0.1) is 12.8 Å². The molecular formula is C14H21ClO2S. The van der Waals surface area contributed by atoms with Crippen LogP contribution in [0.5, 0.6) is 0 Å². The third-order valence-electron chi connectivity index (χ3n) is 3.72. The first-order valence-electron chi connectivity index (χ1n) is 6.26. The van der Waals surface area contributed by atoms with E-state index in [0.717, 1.165) is 16.9 Å². The van der Waals surface area contributed by atoms with Crippen LogP contribution in [0.4, 0.5) is 0 Å². The molecule has 0 aliphatic carbocycles. The number of ether oxygens (including phenoxy) is 1. The van der Waals surface area contributed by atoms with Gasteiger partial charge in [0.2, 0.25) is 0 Å². The van der Waals surface area contributed by atoms with E-state index in [1.165, 1.54) is 11.3 Å². The van der Waals surface area contributed by atoms with Crippen LogP contribution in [0.15, 0.2) is 5.38 Å². The zero-order chi connectivity index (χ0) is 13.7. The molecule has 1 aromatic rings. The summed E-state index contributed by atoms with van der Waals surface area (Å²) in [5.41, 5.74) is 0.518. The van der Waals surface area contributed by atoms with Gasteiger partial charge in [-0.25, -0.2) is 0 Å². The first-order valence-corrected chi connectivity index (χ1v) is 7.51. The third-order valence-corrected chi connectivity index (χ3v) is 5.50. The number of hydrogen-bond acceptors (Lipinski definition) is 3. The molecule has 1 aliphatic rings. The van der Waals surface area contributed by atoms with Crippen LogP contribution in [0.25, 0.3) is 0 Å². The van der Waals surface area contributed by atoms with Gasteiger partial charge in [0.1, 0.15) is 0 Å². The molecule has 2 nitrogen and oxygen atoms in total. The van der Waals surface area contributed by atoms with Crippen molar-refractivity contribution in [1.29, 1.82) is 0 Å². The monoisotopic (exact) mass is 288 g/mol. The van der Waals surface area contributed by atoms with Crippen LogP contribution in [-0.4, -0.2) is 16.3 Å². The molecule has 1 aromatic heterocycles. The minimum atomic E-state index is -0.548. The van der Waals surface area contributed by atoms with E-state index in [-0.39, 0.29) is 17.1 Å². The number of thiophene rings is 1. The van der Waals surface area contributed by atoms with E-state index in [1.54, 1.807) is 0 Å². The number of aliphatic hydroxyl groups excluding tert-OH is 1. The first-order chi connectivity index (χ1) is 8.14. The highest BCUT2D eigenvalue weighted by Gasteiger charge is 2.49. The largest absolute Gasteiger partial charge is 0.387 e. The van der Waals surface area contributed by atoms with Crippen molar-refractivity contribution < 1.29 is 9.84 Å². The molecule has 1 N–H and O–H groups in total. The lowest BCUT2D eigenvalue weighted by Gasteiger charge is -2.30. The predicted molar refractivity (Wildman–Crippen MR) is 76.4 cm³/mol. The van der Waals surface area contributed by atoms with Crippen molar-refractivity contribution in [3.63, 3.8) is 0 Å². The summed E-state index contributed by atoms with van der Waals surface area (Å²) in [5.74, 6) is 0.0723. The molecule has 0 amide bonds. The van der Waals surface area contributed by atoms with Crippen molar-refractivity contribution in [3.8, 4) is 0 Å². The molecule has 0 radical (unpaired) electrons. The highest BCUT2D eigenvalue weighted by atomic mass is 35.5. The van der Waals surface area contributed by atoms with Crippen molar-refractivity contribution in [2.45, 2.75) is 58.3 Å². The molecule has 0 saturated carbocycles. The molecule has 102 valence electrons. The third kappa shape index (κ3) is 2.46. The van der Waals surface area contributed by atoms with Gasteiger partial charge in [-0.05, 0) is 52.0 Å². The van der Waals surface area contributed by atoms with Crippen molar-refractivity contribution in [1.82, 2.24) is 0 Å². The van der Waals surface area contributed by atoms with Crippen LogP contribution < -0.4 is 0 Å². The molecule has 2 rings (SSSR count). The Bertz CT molecular complexity index is 451. The fourth-order valence-corrected chi connectivity index (χ4v) is 4.28. The number of aliphatic hydroxyl groups is 1. The summed E-state index contributed by atoms with van der Waals surface area (Å²) in [6.45, 7) is 10.2. The molecule has 2 unspecified atom stereocenters. The average Bonchev–Trinajstić information content (AvgIpc) is 2.64. The van der Waals surface area contributed by atoms with Crippen molar-refractivity contribution in [3.05, 3.63) is 20.8 Å². The number of aryl methyl sites for hydroxylation is 1. The van der Waals surface area contributed by atoms with E-state index in [1.807, 2.05) is 26.2 Å². The molecule has 0 spiro atoms. The van der Waals surface area contributed by atoms with Gasteiger partial charge < -0.3 is 9.84 Å². The van der Waals surface area contributed by atoms with Gasteiger partial charge in [0.15, 0.2) is 0 Å². The van der Waals surface area contributed by atoms with Crippen LogP contribution in [0.2, 0.25) is 5.02 Å². The molecule has 1 fully saturated rings. The topological polar surface area (TPSA) is 29.5 Å². The maximum Gasteiger partial charge on any atom is 0.0953 e. The van der Waals surface area contributed by atoms with Crippen LogP contribution in [0.3, 0.4) is 0 Å². The molecule has 18 heavy (non-hydrogen) atoms. The average molecular weight is 289 g/mol. The van der Waals surface area contributed by atoms with Crippen molar-refractivity contribution >= 4 is 22.9 Å². The standard InChI is InChI=1S/C14H21ClO2S/c1-8-7-18-12(10(8)15)11(16)9-6-13(2,3)17-14(9,4)5/h7,9,11,16H,6H2,1-5H3. The highest BCUT2D eigenvalue weighted by molar-refractivity contribution is 7.10. The Morgan fingerprint density at radius 1 is 1.44 bits per heavy atom. The Hall–Kier alpha value is -0.0900. The maximum absolute atomic E-state index is 10.6. The molecule has 0 aromatic carbocycles. The van der Waals surface area contributed by atoms with Crippen LogP contribution in [0.1, 0.15) is 50.7 Å². The Balaban J connectivity index is 2.29. The Labute approximate surface area is 118 Å². The zero-order valence-corrected chi connectivity index (χ0v) is 13.2. The summed E-state index contributed by atoms with van der Waals surface area (Å²) < 4.78 is 6.04. The first kappa shape index (κ1) is 14.3. The van der Waals surface area contributed by atoms with Crippen LogP contribution >= 0.6 is 22.9 Å². The second kappa shape index (κ2) is 4.48. The molecule has 2 heterocycles. The Morgan fingerprint density at radius 2 is 2.06 bits per heavy atom. The molecule has 1 aliphatic heterocycles. The molecule has 0 bridgehead atoms. The SMILES string of the molecule is Cc1csc(C(O)C2CC(C)(C)OC2(C)C)c1Cl. The smallest absolute Gasteiger partial charge is 0.0953 e. The van der Waals surface area contributed by atoms with E-state index in [2.05, 4.69) is 13.8 Å². The molecule has 4 heteroatoms. The Morgan fingerprint density at radius 3 is 2.44 bits per heavy atom. The second-order valence-electron chi connectivity index (χ2n) is 6.32. The quantitative estimate of drug-likeness (QED) is 0.877. The summed E-state index contributed by atoms with van der Waals surface area (Å²) in [6.07, 6.45) is 0.294. The van der Waals surface area contributed by atoms with E-state index in [0.29, 0.717) is 5.02 Å². The van der Waals surface area contributed by atoms with Crippen LogP contribution in [-0.2, 0) is 4.74 Å². The minimum absolute atomic E-state index is 0.0723. The summed E-state index contributed by atoms with van der Waals surface area (Å²) in [7, 11) is 0. The summed E-state index contributed by atoms with van der Waals surface area (Å²) in [4.78, 5) is 0.869. The second-order valence-corrected chi connectivity index (χ2v) is 7.61. The molecule has 1 saturated heterocycles. The normalized spacial score (nSPS) is 27.4.